The van der Waals surface area contributed by atoms with Gasteiger partial charge < -0.3 is 10.4 Å². The van der Waals surface area contributed by atoms with Gasteiger partial charge in [-0.25, -0.2) is 0 Å². The van der Waals surface area contributed by atoms with E-state index in [1.165, 1.54) is 4.88 Å². The molecule has 0 radical (unpaired) electrons. The summed E-state index contributed by atoms with van der Waals surface area (Å²) in [6.45, 7) is 2.91. The maximum atomic E-state index is 11.5. The predicted octanol–water partition coefficient (Wildman–Crippen LogP) is 3.16. The topological polar surface area (TPSA) is 49.3 Å². The second kappa shape index (κ2) is 9.64. The molecule has 3 nitrogen and oxygen atoms in total. The zero-order valence-corrected chi connectivity index (χ0v) is 13.4. The number of thioether (sulfide) groups is 1. The molecule has 1 aromatic rings. The normalized spacial score (nSPS) is 12.4. The Morgan fingerprint density at radius 1 is 1.58 bits per heavy atom. The third-order valence-corrected chi connectivity index (χ3v) is 5.01. The zero-order valence-electron chi connectivity index (χ0n) is 11.0. The van der Waals surface area contributed by atoms with Gasteiger partial charge in [0.2, 0.25) is 5.91 Å². The Hall–Kier alpha value is -0.230. The van der Waals surface area contributed by atoms with Crippen LogP contribution >= 0.6 is 34.7 Å². The van der Waals surface area contributed by atoms with Gasteiger partial charge in [-0.2, -0.15) is 0 Å². The highest BCUT2D eigenvalue weighted by Gasteiger charge is 2.04. The molecule has 0 aliphatic heterocycles. The van der Waals surface area contributed by atoms with Crippen molar-refractivity contribution in [3.8, 4) is 0 Å². The lowest BCUT2D eigenvalue weighted by atomic mass is 10.1. The molecule has 0 aromatic carbocycles. The Bertz CT molecular complexity index is 384. The van der Waals surface area contributed by atoms with Gasteiger partial charge in [-0.1, -0.05) is 18.5 Å². The van der Waals surface area contributed by atoms with E-state index >= 15 is 0 Å². The monoisotopic (exact) mass is 321 g/mol. The first kappa shape index (κ1) is 16.8. The van der Waals surface area contributed by atoms with Crippen molar-refractivity contribution < 1.29 is 9.90 Å². The minimum absolute atomic E-state index is 0.0734. The van der Waals surface area contributed by atoms with Crippen LogP contribution in [0.2, 0.25) is 4.34 Å². The minimum atomic E-state index is 0.0734. The molecule has 0 fully saturated rings. The Labute approximate surface area is 127 Å². The summed E-state index contributed by atoms with van der Waals surface area (Å²) in [7, 11) is 0. The van der Waals surface area contributed by atoms with E-state index in [2.05, 4.69) is 5.32 Å². The van der Waals surface area contributed by atoms with Gasteiger partial charge in [-0.3, -0.25) is 4.79 Å². The molecule has 2 N–H and O–H groups in total. The lowest BCUT2D eigenvalue weighted by molar-refractivity contribution is -0.118. The van der Waals surface area contributed by atoms with E-state index in [0.29, 0.717) is 18.2 Å². The van der Waals surface area contributed by atoms with Crippen molar-refractivity contribution in [2.45, 2.75) is 25.5 Å². The van der Waals surface area contributed by atoms with Crippen LogP contribution in [-0.2, 0) is 10.5 Å². The van der Waals surface area contributed by atoms with E-state index in [4.69, 9.17) is 16.7 Å². The van der Waals surface area contributed by atoms with E-state index in [1.54, 1.807) is 23.1 Å². The fraction of sp³-hybridized carbons (Fsp3) is 0.615. The van der Waals surface area contributed by atoms with Crippen LogP contribution in [0.3, 0.4) is 0 Å². The van der Waals surface area contributed by atoms with E-state index in [1.807, 2.05) is 19.1 Å². The number of nitrogens with one attached hydrogen (secondary N) is 1. The Kier molecular flexibility index (Phi) is 8.53. The zero-order chi connectivity index (χ0) is 14.1. The molecule has 1 heterocycles. The highest BCUT2D eigenvalue weighted by atomic mass is 35.5. The smallest absolute Gasteiger partial charge is 0.230 e. The van der Waals surface area contributed by atoms with E-state index in [0.717, 1.165) is 22.9 Å². The third-order valence-electron chi connectivity index (χ3n) is 2.61. The van der Waals surface area contributed by atoms with Crippen LogP contribution in [0.5, 0.6) is 0 Å². The molecule has 0 saturated heterocycles. The van der Waals surface area contributed by atoms with Crippen molar-refractivity contribution in [1.82, 2.24) is 5.32 Å². The fourth-order valence-electron chi connectivity index (χ4n) is 1.49. The summed E-state index contributed by atoms with van der Waals surface area (Å²) in [4.78, 5) is 12.7. The van der Waals surface area contributed by atoms with Crippen LogP contribution in [0.1, 0.15) is 24.6 Å². The summed E-state index contributed by atoms with van der Waals surface area (Å²) < 4.78 is 0.790. The fourth-order valence-corrected chi connectivity index (χ4v) is 3.55. The first-order valence-electron chi connectivity index (χ1n) is 6.31. The molecule has 0 aliphatic carbocycles. The number of halogens is 1. The van der Waals surface area contributed by atoms with Crippen molar-refractivity contribution in [2.75, 3.05) is 18.9 Å². The molecule has 0 aliphatic rings. The molecule has 19 heavy (non-hydrogen) atoms. The van der Waals surface area contributed by atoms with Gasteiger partial charge in [0.15, 0.2) is 0 Å². The Morgan fingerprint density at radius 3 is 3.00 bits per heavy atom. The van der Waals surface area contributed by atoms with E-state index < -0.39 is 0 Å². The molecule has 0 bridgehead atoms. The number of thiophene rings is 1. The van der Waals surface area contributed by atoms with Crippen LogP contribution in [0.4, 0.5) is 0 Å². The largest absolute Gasteiger partial charge is 0.396 e. The lowest BCUT2D eigenvalue weighted by Gasteiger charge is -2.08. The molecule has 0 spiro atoms. The quantitative estimate of drug-likeness (QED) is 0.687. The van der Waals surface area contributed by atoms with E-state index in [-0.39, 0.29) is 12.5 Å². The standard InChI is InChI=1S/C13H20ClNO2S2/c1-10(7-16)3-2-6-15-13(17)9-18-8-11-4-5-12(14)19-11/h4-5,10,16H,2-3,6-9H2,1H3,(H,15,17). The molecule has 0 saturated carbocycles. The van der Waals surface area contributed by atoms with Gasteiger partial charge in [0.05, 0.1) is 10.1 Å². The number of rotatable bonds is 9. The van der Waals surface area contributed by atoms with Gasteiger partial charge in [0.25, 0.3) is 0 Å². The molecular formula is C13H20ClNO2S2. The molecule has 1 unspecified atom stereocenters. The van der Waals surface area contributed by atoms with Crippen LogP contribution in [0.25, 0.3) is 0 Å². The number of carbonyl (C=O) groups excluding carboxylic acids is 1. The summed E-state index contributed by atoms with van der Waals surface area (Å²) in [5.74, 6) is 1.69. The first-order chi connectivity index (χ1) is 9.11. The van der Waals surface area contributed by atoms with Crippen molar-refractivity contribution in [3.63, 3.8) is 0 Å². The van der Waals surface area contributed by atoms with Crippen molar-refractivity contribution >= 4 is 40.6 Å². The maximum Gasteiger partial charge on any atom is 0.230 e. The molecule has 1 amide bonds. The summed E-state index contributed by atoms with van der Waals surface area (Å²) in [6, 6.07) is 3.87. The number of hydrogen-bond acceptors (Lipinski definition) is 4. The van der Waals surface area contributed by atoms with Crippen LogP contribution in [0, 0.1) is 5.92 Å². The number of carbonyl (C=O) groups is 1. The van der Waals surface area contributed by atoms with Crippen molar-refractivity contribution in [1.29, 1.82) is 0 Å². The summed E-state index contributed by atoms with van der Waals surface area (Å²) in [5.41, 5.74) is 0. The molecule has 1 atom stereocenters. The van der Waals surface area contributed by atoms with Gasteiger partial charge in [0, 0.05) is 23.8 Å². The second-order valence-corrected chi connectivity index (χ2v) is 7.26. The predicted molar refractivity (Wildman–Crippen MR) is 84.0 cm³/mol. The number of amides is 1. The van der Waals surface area contributed by atoms with Crippen LogP contribution in [0.15, 0.2) is 12.1 Å². The third kappa shape index (κ3) is 7.82. The SMILES string of the molecule is CC(CO)CCCNC(=O)CSCc1ccc(Cl)s1. The number of hydrogen-bond donors (Lipinski definition) is 2. The molecule has 108 valence electrons. The van der Waals surface area contributed by atoms with Crippen LogP contribution in [-0.4, -0.2) is 29.9 Å². The average Bonchev–Trinajstić information content (AvgIpc) is 2.80. The average molecular weight is 322 g/mol. The summed E-state index contributed by atoms with van der Waals surface area (Å²) in [6.07, 6.45) is 1.86. The summed E-state index contributed by atoms with van der Waals surface area (Å²) in [5, 5.41) is 11.8. The van der Waals surface area contributed by atoms with Crippen molar-refractivity contribution in [2.24, 2.45) is 5.92 Å². The Balaban J connectivity index is 2.02. The summed E-state index contributed by atoms with van der Waals surface area (Å²) >= 11 is 8.99. The minimum Gasteiger partial charge on any atom is -0.396 e. The molecular weight excluding hydrogens is 302 g/mol. The second-order valence-electron chi connectivity index (χ2n) is 4.48. The molecule has 1 aromatic heterocycles. The highest BCUT2D eigenvalue weighted by Crippen LogP contribution is 2.24. The van der Waals surface area contributed by atoms with Gasteiger partial charge in [-0.05, 0) is 30.9 Å². The van der Waals surface area contributed by atoms with Crippen molar-refractivity contribution in [3.05, 3.63) is 21.3 Å². The molecule has 6 heteroatoms. The van der Waals surface area contributed by atoms with Gasteiger partial charge >= 0.3 is 0 Å². The first-order valence-corrected chi connectivity index (χ1v) is 8.66. The van der Waals surface area contributed by atoms with Gasteiger partial charge in [-0.15, -0.1) is 23.1 Å². The van der Waals surface area contributed by atoms with Gasteiger partial charge in [0.1, 0.15) is 0 Å². The lowest BCUT2D eigenvalue weighted by Crippen LogP contribution is -2.26. The highest BCUT2D eigenvalue weighted by molar-refractivity contribution is 7.99. The number of aliphatic hydroxyl groups excluding tert-OH is 1. The van der Waals surface area contributed by atoms with E-state index in [9.17, 15) is 4.79 Å². The Morgan fingerprint density at radius 2 is 2.37 bits per heavy atom. The number of aliphatic hydroxyl groups is 1. The van der Waals surface area contributed by atoms with Crippen LogP contribution < -0.4 is 5.32 Å². The maximum absolute atomic E-state index is 11.5. The molecule has 1 rings (SSSR count).